The molecule has 20 heavy (non-hydrogen) atoms. The quantitative estimate of drug-likeness (QED) is 0.908. The second-order valence-electron chi connectivity index (χ2n) is 4.67. The van der Waals surface area contributed by atoms with Crippen molar-refractivity contribution < 1.29 is 9.90 Å². The van der Waals surface area contributed by atoms with Crippen LogP contribution >= 0.6 is 0 Å². The third kappa shape index (κ3) is 2.56. The molecule has 2 heterocycles. The van der Waals surface area contributed by atoms with Crippen LogP contribution in [0.25, 0.3) is 12.2 Å². The Morgan fingerprint density at radius 3 is 2.80 bits per heavy atom. The number of hydrogen-bond donors (Lipinski definition) is 1. The van der Waals surface area contributed by atoms with E-state index < -0.39 is 5.97 Å². The van der Waals surface area contributed by atoms with E-state index >= 15 is 0 Å². The lowest BCUT2D eigenvalue weighted by Gasteiger charge is -2.24. The number of hydrogen-bond acceptors (Lipinski definition) is 5. The largest absolute Gasteiger partial charge is 0.477 e. The molecule has 7 nitrogen and oxygen atoms in total. The molecule has 0 aliphatic heterocycles. The smallest absolute Gasteiger partial charge is 0.354 e. The highest BCUT2D eigenvalue weighted by Gasteiger charge is 2.20. The highest BCUT2D eigenvalue weighted by molar-refractivity contribution is 5.86. The zero-order chi connectivity index (χ0) is 13.9. The summed E-state index contributed by atoms with van der Waals surface area (Å²) >= 11 is 0. The fourth-order valence-electron chi connectivity index (χ4n) is 1.95. The Hall–Kier alpha value is -2.57. The number of rotatable bonds is 4. The monoisotopic (exact) mass is 271 g/mol. The van der Waals surface area contributed by atoms with E-state index in [1.54, 1.807) is 12.2 Å². The molecule has 0 spiro atoms. The van der Waals surface area contributed by atoms with Crippen LogP contribution in [0.5, 0.6) is 0 Å². The van der Waals surface area contributed by atoms with Crippen LogP contribution in [0, 0.1) is 0 Å². The van der Waals surface area contributed by atoms with Crippen LogP contribution in [0.1, 0.15) is 47.2 Å². The average molecular weight is 271 g/mol. The van der Waals surface area contributed by atoms with E-state index in [9.17, 15) is 4.79 Å². The summed E-state index contributed by atoms with van der Waals surface area (Å²) in [5.41, 5.74) is 1.22. The van der Waals surface area contributed by atoms with Gasteiger partial charge in [-0.25, -0.2) is 19.4 Å². The van der Waals surface area contributed by atoms with Gasteiger partial charge in [0, 0.05) is 0 Å². The van der Waals surface area contributed by atoms with Crippen molar-refractivity contribution >= 4 is 18.1 Å². The molecule has 102 valence electrons. The van der Waals surface area contributed by atoms with Gasteiger partial charge in [0.15, 0.2) is 5.69 Å². The van der Waals surface area contributed by atoms with Crippen LogP contribution in [0.15, 0.2) is 18.6 Å². The standard InChI is InChI=1S/C13H13N5O2/c19-13(20)12-6-9(14-8-15-12)4-5-10-7-18(17-16-10)11-2-1-3-11/h4-8,11H,1-3H2,(H,19,20). The van der Waals surface area contributed by atoms with Gasteiger partial charge in [0.2, 0.25) is 0 Å². The molecule has 2 aromatic heterocycles. The summed E-state index contributed by atoms with van der Waals surface area (Å²) in [4.78, 5) is 18.5. The zero-order valence-electron chi connectivity index (χ0n) is 10.7. The molecule has 0 atom stereocenters. The van der Waals surface area contributed by atoms with Gasteiger partial charge in [-0.2, -0.15) is 0 Å². The van der Waals surface area contributed by atoms with Crippen molar-refractivity contribution in [2.24, 2.45) is 0 Å². The van der Waals surface area contributed by atoms with Crippen molar-refractivity contribution in [2.75, 3.05) is 0 Å². The molecule has 2 aromatic rings. The first-order chi connectivity index (χ1) is 9.72. The van der Waals surface area contributed by atoms with Crippen molar-refractivity contribution in [3.63, 3.8) is 0 Å². The summed E-state index contributed by atoms with van der Waals surface area (Å²) in [6, 6.07) is 1.89. The summed E-state index contributed by atoms with van der Waals surface area (Å²) in [7, 11) is 0. The van der Waals surface area contributed by atoms with E-state index in [1.165, 1.54) is 18.8 Å². The van der Waals surface area contributed by atoms with Crippen LogP contribution in [0.4, 0.5) is 0 Å². The number of carboxylic acid groups (broad SMARTS) is 1. The van der Waals surface area contributed by atoms with E-state index in [0.29, 0.717) is 11.7 Å². The lowest BCUT2D eigenvalue weighted by molar-refractivity contribution is 0.0690. The van der Waals surface area contributed by atoms with Crippen molar-refractivity contribution in [2.45, 2.75) is 25.3 Å². The summed E-state index contributed by atoms with van der Waals surface area (Å²) in [5.74, 6) is -1.07. The highest BCUT2D eigenvalue weighted by atomic mass is 16.4. The van der Waals surface area contributed by atoms with Crippen molar-refractivity contribution in [1.29, 1.82) is 0 Å². The summed E-state index contributed by atoms with van der Waals surface area (Å²) < 4.78 is 1.88. The normalized spacial score (nSPS) is 15.4. The molecular formula is C13H13N5O2. The molecule has 0 saturated heterocycles. The van der Waals surface area contributed by atoms with Gasteiger partial charge in [0.05, 0.1) is 17.9 Å². The van der Waals surface area contributed by atoms with Gasteiger partial charge in [-0.15, -0.1) is 5.10 Å². The van der Waals surface area contributed by atoms with Crippen LogP contribution in [-0.2, 0) is 0 Å². The minimum Gasteiger partial charge on any atom is -0.477 e. The van der Waals surface area contributed by atoms with Crippen LogP contribution in [-0.4, -0.2) is 36.0 Å². The maximum absolute atomic E-state index is 10.8. The highest BCUT2D eigenvalue weighted by Crippen LogP contribution is 2.30. The Morgan fingerprint density at radius 1 is 1.30 bits per heavy atom. The maximum Gasteiger partial charge on any atom is 0.354 e. The molecule has 1 N–H and O–H groups in total. The van der Waals surface area contributed by atoms with Crippen molar-refractivity contribution in [3.8, 4) is 0 Å². The third-order valence-electron chi connectivity index (χ3n) is 3.31. The molecular weight excluding hydrogens is 258 g/mol. The predicted octanol–water partition coefficient (Wildman–Crippen LogP) is 1.66. The van der Waals surface area contributed by atoms with E-state index in [2.05, 4.69) is 20.3 Å². The molecule has 1 fully saturated rings. The first-order valence-corrected chi connectivity index (χ1v) is 6.37. The number of aromatic carboxylic acids is 1. The molecule has 0 unspecified atom stereocenters. The van der Waals surface area contributed by atoms with Crippen LogP contribution in [0.3, 0.4) is 0 Å². The number of nitrogens with zero attached hydrogens (tertiary/aromatic N) is 5. The summed E-state index contributed by atoms with van der Waals surface area (Å²) in [6.45, 7) is 0. The SMILES string of the molecule is O=C(O)c1cc(C=Cc2cn(C3CCC3)nn2)ncn1. The minimum atomic E-state index is -1.07. The molecule has 0 aromatic carbocycles. The number of carboxylic acids is 1. The van der Waals surface area contributed by atoms with Gasteiger partial charge in [0.1, 0.15) is 12.0 Å². The van der Waals surface area contributed by atoms with Gasteiger partial charge < -0.3 is 5.11 Å². The Morgan fingerprint density at radius 2 is 2.10 bits per heavy atom. The van der Waals surface area contributed by atoms with Crippen molar-refractivity contribution in [1.82, 2.24) is 25.0 Å². The molecule has 1 aliphatic rings. The molecule has 7 heteroatoms. The van der Waals surface area contributed by atoms with E-state index in [0.717, 1.165) is 18.5 Å². The average Bonchev–Trinajstić information content (AvgIpc) is 2.83. The molecule has 0 bridgehead atoms. The first kappa shape index (κ1) is 12.5. The van der Waals surface area contributed by atoms with Crippen LogP contribution < -0.4 is 0 Å². The molecule has 1 aliphatic carbocycles. The van der Waals surface area contributed by atoms with Gasteiger partial charge in [-0.3, -0.25) is 0 Å². The Kier molecular flexibility index (Phi) is 3.24. The lowest BCUT2D eigenvalue weighted by Crippen LogP contribution is -2.17. The van der Waals surface area contributed by atoms with Gasteiger partial charge in [0.25, 0.3) is 0 Å². The first-order valence-electron chi connectivity index (χ1n) is 6.37. The molecule has 3 rings (SSSR count). The fourth-order valence-corrected chi connectivity index (χ4v) is 1.95. The Labute approximate surface area is 115 Å². The molecule has 0 amide bonds. The zero-order valence-corrected chi connectivity index (χ0v) is 10.7. The topological polar surface area (TPSA) is 93.8 Å². The molecule has 0 radical (unpaired) electrons. The van der Waals surface area contributed by atoms with Gasteiger partial charge in [-0.05, 0) is 37.5 Å². The maximum atomic E-state index is 10.8. The van der Waals surface area contributed by atoms with Gasteiger partial charge >= 0.3 is 5.97 Å². The van der Waals surface area contributed by atoms with E-state index in [1.807, 2.05) is 10.9 Å². The third-order valence-corrected chi connectivity index (χ3v) is 3.31. The summed E-state index contributed by atoms with van der Waals surface area (Å²) in [6.07, 6.45) is 10.1. The fraction of sp³-hybridized carbons (Fsp3) is 0.308. The van der Waals surface area contributed by atoms with Gasteiger partial charge in [-0.1, -0.05) is 5.21 Å². The Balaban J connectivity index is 1.74. The number of aromatic nitrogens is 5. The Bertz CT molecular complexity index is 660. The van der Waals surface area contributed by atoms with E-state index in [-0.39, 0.29) is 5.69 Å². The second kappa shape index (κ2) is 5.20. The molecule has 1 saturated carbocycles. The summed E-state index contributed by atoms with van der Waals surface area (Å²) in [5, 5.41) is 17.0. The minimum absolute atomic E-state index is 0.0298. The second-order valence-corrected chi connectivity index (χ2v) is 4.67. The lowest BCUT2D eigenvalue weighted by atomic mass is 9.93. The predicted molar refractivity (Wildman–Crippen MR) is 70.8 cm³/mol. The van der Waals surface area contributed by atoms with Crippen LogP contribution in [0.2, 0.25) is 0 Å². The number of carbonyl (C=O) groups is 1. The van der Waals surface area contributed by atoms with E-state index in [4.69, 9.17) is 5.11 Å². The van der Waals surface area contributed by atoms with Crippen molar-refractivity contribution in [3.05, 3.63) is 35.7 Å².